The molecule has 4 heteroatoms. The molecule has 1 aliphatic rings. The minimum Gasteiger partial charge on any atom is -0.484 e. The van der Waals surface area contributed by atoms with E-state index in [1.807, 2.05) is 24.3 Å². The zero-order chi connectivity index (χ0) is 18.4. The minimum atomic E-state index is -0.148. The SMILES string of the molecule is CC[C@H](C)c1ccc(OCC(=O)Nc2ccc(N3CCCC3)cc2)cc1. The molecule has 138 valence electrons. The van der Waals surface area contributed by atoms with E-state index in [9.17, 15) is 4.79 Å². The van der Waals surface area contributed by atoms with Gasteiger partial charge in [0.25, 0.3) is 5.91 Å². The van der Waals surface area contributed by atoms with Gasteiger partial charge in [-0.05, 0) is 67.1 Å². The fourth-order valence-electron chi connectivity index (χ4n) is 3.21. The number of carbonyl (C=O) groups excluding carboxylic acids is 1. The molecule has 0 saturated carbocycles. The molecule has 26 heavy (non-hydrogen) atoms. The Balaban J connectivity index is 1.47. The first-order chi connectivity index (χ1) is 12.7. The third-order valence-corrected chi connectivity index (χ3v) is 5.05. The van der Waals surface area contributed by atoms with Crippen molar-refractivity contribution in [3.05, 3.63) is 54.1 Å². The Morgan fingerprint density at radius 3 is 2.35 bits per heavy atom. The van der Waals surface area contributed by atoms with Crippen molar-refractivity contribution in [2.75, 3.05) is 29.9 Å². The molecule has 1 amide bonds. The summed E-state index contributed by atoms with van der Waals surface area (Å²) < 4.78 is 5.59. The van der Waals surface area contributed by atoms with Gasteiger partial charge in [0.2, 0.25) is 0 Å². The van der Waals surface area contributed by atoms with E-state index in [1.54, 1.807) is 0 Å². The van der Waals surface area contributed by atoms with Crippen LogP contribution >= 0.6 is 0 Å². The molecule has 2 aromatic rings. The molecule has 0 aromatic heterocycles. The van der Waals surface area contributed by atoms with Gasteiger partial charge in [0.15, 0.2) is 6.61 Å². The molecule has 3 rings (SSSR count). The largest absolute Gasteiger partial charge is 0.484 e. The highest BCUT2D eigenvalue weighted by Gasteiger charge is 2.12. The van der Waals surface area contributed by atoms with Gasteiger partial charge in [0, 0.05) is 24.5 Å². The van der Waals surface area contributed by atoms with Crippen LogP contribution < -0.4 is 15.0 Å². The average molecular weight is 352 g/mol. The minimum absolute atomic E-state index is 0.0105. The Morgan fingerprint density at radius 2 is 1.73 bits per heavy atom. The van der Waals surface area contributed by atoms with E-state index in [-0.39, 0.29) is 12.5 Å². The number of carbonyl (C=O) groups is 1. The zero-order valence-electron chi connectivity index (χ0n) is 15.7. The molecule has 0 bridgehead atoms. The molecule has 1 atom stereocenters. The van der Waals surface area contributed by atoms with Crippen molar-refractivity contribution in [2.24, 2.45) is 0 Å². The van der Waals surface area contributed by atoms with Crippen molar-refractivity contribution in [3.63, 3.8) is 0 Å². The topological polar surface area (TPSA) is 41.6 Å². The monoisotopic (exact) mass is 352 g/mol. The van der Waals surface area contributed by atoms with E-state index in [1.165, 1.54) is 24.1 Å². The highest BCUT2D eigenvalue weighted by molar-refractivity contribution is 5.92. The van der Waals surface area contributed by atoms with E-state index in [0.29, 0.717) is 5.92 Å². The molecule has 0 spiro atoms. The van der Waals surface area contributed by atoms with E-state index < -0.39 is 0 Å². The van der Waals surface area contributed by atoms with Crippen LogP contribution in [0.3, 0.4) is 0 Å². The molecule has 4 nitrogen and oxygen atoms in total. The van der Waals surface area contributed by atoms with Crippen LogP contribution in [-0.4, -0.2) is 25.6 Å². The van der Waals surface area contributed by atoms with E-state index in [0.717, 1.165) is 30.9 Å². The summed E-state index contributed by atoms with van der Waals surface area (Å²) in [5.74, 6) is 1.11. The van der Waals surface area contributed by atoms with Crippen molar-refractivity contribution in [1.29, 1.82) is 0 Å². The number of rotatable bonds is 7. The lowest BCUT2D eigenvalue weighted by atomic mass is 9.99. The number of hydrogen-bond donors (Lipinski definition) is 1. The second kappa shape index (κ2) is 8.75. The first kappa shape index (κ1) is 18.3. The van der Waals surface area contributed by atoms with Crippen LogP contribution in [0, 0.1) is 0 Å². The average Bonchev–Trinajstić information content (AvgIpc) is 3.21. The first-order valence-corrected chi connectivity index (χ1v) is 9.53. The van der Waals surface area contributed by atoms with Crippen molar-refractivity contribution in [3.8, 4) is 5.75 Å². The van der Waals surface area contributed by atoms with E-state index >= 15 is 0 Å². The molecule has 1 heterocycles. The predicted octanol–water partition coefficient (Wildman–Crippen LogP) is 4.82. The lowest BCUT2D eigenvalue weighted by Crippen LogP contribution is -2.20. The molecule has 0 aliphatic carbocycles. The lowest BCUT2D eigenvalue weighted by molar-refractivity contribution is -0.118. The van der Waals surface area contributed by atoms with Crippen molar-refractivity contribution in [1.82, 2.24) is 0 Å². The lowest BCUT2D eigenvalue weighted by Gasteiger charge is -2.17. The highest BCUT2D eigenvalue weighted by Crippen LogP contribution is 2.23. The van der Waals surface area contributed by atoms with Crippen molar-refractivity contribution >= 4 is 17.3 Å². The maximum atomic E-state index is 12.1. The van der Waals surface area contributed by atoms with Gasteiger partial charge in [-0.15, -0.1) is 0 Å². The fraction of sp³-hybridized carbons (Fsp3) is 0.409. The van der Waals surface area contributed by atoms with Gasteiger partial charge in [0.05, 0.1) is 0 Å². The highest BCUT2D eigenvalue weighted by atomic mass is 16.5. The Morgan fingerprint density at radius 1 is 1.08 bits per heavy atom. The van der Waals surface area contributed by atoms with E-state index in [4.69, 9.17) is 4.74 Å². The van der Waals surface area contributed by atoms with Crippen LogP contribution in [0.2, 0.25) is 0 Å². The van der Waals surface area contributed by atoms with Gasteiger partial charge < -0.3 is 15.0 Å². The molecule has 1 saturated heterocycles. The van der Waals surface area contributed by atoms with Gasteiger partial charge in [-0.1, -0.05) is 26.0 Å². The normalized spacial score (nSPS) is 14.9. The number of nitrogens with zero attached hydrogens (tertiary/aromatic N) is 1. The summed E-state index contributed by atoms with van der Waals surface area (Å²) in [7, 11) is 0. The number of ether oxygens (including phenoxy) is 1. The quantitative estimate of drug-likeness (QED) is 0.777. The Hall–Kier alpha value is -2.49. The standard InChI is InChI=1S/C22H28N2O2/c1-3-17(2)18-6-12-21(13-7-18)26-16-22(25)23-19-8-10-20(11-9-19)24-14-4-5-15-24/h6-13,17H,3-5,14-16H2,1-2H3,(H,23,25)/t17-/m0/s1. The molecule has 1 aliphatic heterocycles. The summed E-state index contributed by atoms with van der Waals surface area (Å²) in [5.41, 5.74) is 3.31. The maximum absolute atomic E-state index is 12.1. The van der Waals surface area contributed by atoms with Crippen LogP contribution in [-0.2, 0) is 4.79 Å². The number of hydrogen-bond acceptors (Lipinski definition) is 3. The summed E-state index contributed by atoms with van der Waals surface area (Å²) in [5, 5.41) is 2.89. The van der Waals surface area contributed by atoms with Gasteiger partial charge >= 0.3 is 0 Å². The van der Waals surface area contributed by atoms with Crippen LogP contribution in [0.4, 0.5) is 11.4 Å². The van der Waals surface area contributed by atoms with Crippen LogP contribution in [0.5, 0.6) is 5.75 Å². The van der Waals surface area contributed by atoms with Crippen molar-refractivity contribution < 1.29 is 9.53 Å². The van der Waals surface area contributed by atoms with Gasteiger partial charge in [-0.3, -0.25) is 4.79 Å². The number of nitrogens with one attached hydrogen (secondary N) is 1. The van der Waals surface area contributed by atoms with Gasteiger partial charge in [-0.25, -0.2) is 0 Å². The van der Waals surface area contributed by atoms with Gasteiger partial charge in [0.1, 0.15) is 5.75 Å². The molecule has 0 unspecified atom stereocenters. The molecule has 1 N–H and O–H groups in total. The summed E-state index contributed by atoms with van der Waals surface area (Å²) in [6.45, 7) is 6.64. The Bertz CT molecular complexity index is 704. The van der Waals surface area contributed by atoms with Crippen molar-refractivity contribution in [2.45, 2.75) is 39.0 Å². The number of amides is 1. The summed E-state index contributed by atoms with van der Waals surface area (Å²) >= 11 is 0. The van der Waals surface area contributed by atoms with E-state index in [2.05, 4.69) is 48.3 Å². The molecule has 0 radical (unpaired) electrons. The summed E-state index contributed by atoms with van der Waals surface area (Å²) in [6.07, 6.45) is 3.63. The molecular formula is C22H28N2O2. The number of benzene rings is 2. The smallest absolute Gasteiger partial charge is 0.262 e. The summed E-state index contributed by atoms with van der Waals surface area (Å²) in [6, 6.07) is 16.0. The third kappa shape index (κ3) is 4.78. The summed E-state index contributed by atoms with van der Waals surface area (Å²) in [4.78, 5) is 14.5. The van der Waals surface area contributed by atoms with Gasteiger partial charge in [-0.2, -0.15) is 0 Å². The fourth-order valence-corrected chi connectivity index (χ4v) is 3.21. The number of anilines is 2. The zero-order valence-corrected chi connectivity index (χ0v) is 15.7. The maximum Gasteiger partial charge on any atom is 0.262 e. The molecular weight excluding hydrogens is 324 g/mol. The van der Waals surface area contributed by atoms with Crippen LogP contribution in [0.25, 0.3) is 0 Å². The third-order valence-electron chi connectivity index (χ3n) is 5.05. The Labute approximate surface area is 156 Å². The Kier molecular flexibility index (Phi) is 6.16. The van der Waals surface area contributed by atoms with Crippen LogP contribution in [0.15, 0.2) is 48.5 Å². The second-order valence-electron chi connectivity index (χ2n) is 6.96. The molecule has 1 fully saturated rings. The predicted molar refractivity (Wildman–Crippen MR) is 107 cm³/mol. The van der Waals surface area contributed by atoms with Crippen LogP contribution in [0.1, 0.15) is 44.6 Å². The first-order valence-electron chi connectivity index (χ1n) is 9.53. The second-order valence-corrected chi connectivity index (χ2v) is 6.96. The molecule has 2 aromatic carbocycles.